The van der Waals surface area contributed by atoms with Gasteiger partial charge in [-0.05, 0) is 17.7 Å². The first-order valence-corrected chi connectivity index (χ1v) is 4.12. The van der Waals surface area contributed by atoms with Gasteiger partial charge in [-0.25, -0.2) is 0 Å². The third-order valence-electron chi connectivity index (χ3n) is 2.10. The van der Waals surface area contributed by atoms with Gasteiger partial charge in [0.25, 0.3) is 0 Å². The van der Waals surface area contributed by atoms with Crippen molar-refractivity contribution in [2.45, 2.75) is 6.54 Å². The maximum absolute atomic E-state index is 5.78. The molecule has 2 rings (SSSR count). The van der Waals surface area contributed by atoms with Crippen LogP contribution in [0.25, 0.3) is 10.9 Å². The molecule has 0 radical (unpaired) electrons. The van der Waals surface area contributed by atoms with Crippen LogP contribution in [-0.4, -0.2) is 9.78 Å². The predicted octanol–water partition coefficient (Wildman–Crippen LogP) is 0.614. The van der Waals surface area contributed by atoms with Gasteiger partial charge in [0.15, 0.2) is 0 Å². The van der Waals surface area contributed by atoms with Gasteiger partial charge in [-0.1, -0.05) is 0 Å². The molecule has 0 aliphatic rings. The number of nitrogens with two attached hydrogens (primary N) is 2. The van der Waals surface area contributed by atoms with E-state index in [1.54, 1.807) is 4.68 Å². The summed E-state index contributed by atoms with van der Waals surface area (Å²) in [5.41, 5.74) is 13.9. The number of aromatic nitrogens is 2. The Labute approximate surface area is 76.1 Å². The van der Waals surface area contributed by atoms with Gasteiger partial charge < -0.3 is 11.5 Å². The van der Waals surface area contributed by atoms with Gasteiger partial charge >= 0.3 is 0 Å². The highest BCUT2D eigenvalue weighted by molar-refractivity contribution is 5.83. The van der Waals surface area contributed by atoms with Crippen molar-refractivity contribution in [3.63, 3.8) is 0 Å². The van der Waals surface area contributed by atoms with Crippen molar-refractivity contribution < 1.29 is 0 Å². The van der Waals surface area contributed by atoms with Crippen LogP contribution in [0.15, 0.2) is 18.3 Å². The van der Waals surface area contributed by atoms with Crippen LogP contribution in [0.5, 0.6) is 0 Å². The zero-order valence-corrected chi connectivity index (χ0v) is 7.49. The van der Waals surface area contributed by atoms with E-state index < -0.39 is 0 Å². The van der Waals surface area contributed by atoms with E-state index in [-0.39, 0.29) is 0 Å². The Morgan fingerprint density at radius 2 is 2.23 bits per heavy atom. The average Bonchev–Trinajstić information content (AvgIpc) is 2.42. The maximum Gasteiger partial charge on any atom is 0.0943 e. The third-order valence-corrected chi connectivity index (χ3v) is 2.10. The van der Waals surface area contributed by atoms with Crippen molar-refractivity contribution in [3.05, 3.63) is 23.9 Å². The van der Waals surface area contributed by atoms with E-state index in [0.717, 1.165) is 16.5 Å². The van der Waals surface area contributed by atoms with Crippen LogP contribution in [0.1, 0.15) is 5.56 Å². The van der Waals surface area contributed by atoms with Crippen LogP contribution in [0.4, 0.5) is 5.69 Å². The summed E-state index contributed by atoms with van der Waals surface area (Å²) in [4.78, 5) is 0. The highest BCUT2D eigenvalue weighted by atomic mass is 15.2. The molecule has 1 heterocycles. The number of aryl methyl sites for hydroxylation is 1. The van der Waals surface area contributed by atoms with Crippen LogP contribution >= 0.6 is 0 Å². The van der Waals surface area contributed by atoms with Crippen molar-refractivity contribution >= 4 is 16.6 Å². The lowest BCUT2D eigenvalue weighted by atomic mass is 10.1. The van der Waals surface area contributed by atoms with Crippen LogP contribution in [0, 0.1) is 0 Å². The van der Waals surface area contributed by atoms with Gasteiger partial charge in [0.1, 0.15) is 0 Å². The Bertz CT molecular complexity index is 444. The monoisotopic (exact) mass is 176 g/mol. The number of benzene rings is 1. The lowest BCUT2D eigenvalue weighted by Crippen LogP contribution is -2.00. The van der Waals surface area contributed by atoms with E-state index >= 15 is 0 Å². The fourth-order valence-corrected chi connectivity index (χ4v) is 1.44. The summed E-state index contributed by atoms with van der Waals surface area (Å²) in [5.74, 6) is 0. The number of nitrogens with zero attached hydrogens (tertiary/aromatic N) is 2. The number of rotatable bonds is 1. The van der Waals surface area contributed by atoms with Crippen molar-refractivity contribution in [1.29, 1.82) is 0 Å². The molecular weight excluding hydrogens is 164 g/mol. The average molecular weight is 176 g/mol. The lowest BCUT2D eigenvalue weighted by Gasteiger charge is -2.00. The SMILES string of the molecule is Cn1cc2cc(CN)c(N)cc2n1. The van der Waals surface area contributed by atoms with Crippen molar-refractivity contribution in [3.8, 4) is 0 Å². The Morgan fingerprint density at radius 3 is 2.92 bits per heavy atom. The third kappa shape index (κ3) is 1.25. The second-order valence-corrected chi connectivity index (χ2v) is 3.12. The standard InChI is InChI=1S/C9H12N4/c1-13-5-7-2-6(4-10)8(11)3-9(7)12-13/h2-3,5H,4,10-11H2,1H3. The molecule has 0 spiro atoms. The smallest absolute Gasteiger partial charge is 0.0943 e. The second-order valence-electron chi connectivity index (χ2n) is 3.12. The first-order chi connectivity index (χ1) is 6.20. The topological polar surface area (TPSA) is 69.9 Å². The molecule has 0 unspecified atom stereocenters. The summed E-state index contributed by atoms with van der Waals surface area (Å²) in [6, 6.07) is 3.84. The fraction of sp³-hybridized carbons (Fsp3) is 0.222. The summed E-state index contributed by atoms with van der Waals surface area (Å²) in [6.45, 7) is 0.469. The fourth-order valence-electron chi connectivity index (χ4n) is 1.44. The highest BCUT2D eigenvalue weighted by Crippen LogP contribution is 2.19. The number of anilines is 1. The van der Waals surface area contributed by atoms with E-state index in [2.05, 4.69) is 5.10 Å². The molecule has 4 N–H and O–H groups in total. The van der Waals surface area contributed by atoms with E-state index in [4.69, 9.17) is 11.5 Å². The molecule has 13 heavy (non-hydrogen) atoms. The summed E-state index contributed by atoms with van der Waals surface area (Å²) in [7, 11) is 1.89. The molecule has 4 nitrogen and oxygen atoms in total. The van der Waals surface area contributed by atoms with Gasteiger partial charge in [-0.15, -0.1) is 0 Å². The Kier molecular flexibility index (Phi) is 1.70. The zero-order valence-electron chi connectivity index (χ0n) is 7.49. The molecule has 1 aromatic heterocycles. The highest BCUT2D eigenvalue weighted by Gasteiger charge is 2.03. The molecule has 4 heteroatoms. The van der Waals surface area contributed by atoms with E-state index in [1.807, 2.05) is 25.4 Å². The Morgan fingerprint density at radius 1 is 1.46 bits per heavy atom. The number of nitrogen functional groups attached to an aromatic ring is 1. The number of hydrogen-bond acceptors (Lipinski definition) is 3. The molecule has 1 aromatic carbocycles. The predicted molar refractivity (Wildman–Crippen MR) is 53.0 cm³/mol. The quantitative estimate of drug-likeness (QED) is 0.625. The van der Waals surface area contributed by atoms with Gasteiger partial charge in [0.2, 0.25) is 0 Å². The lowest BCUT2D eigenvalue weighted by molar-refractivity contribution is 0.780. The van der Waals surface area contributed by atoms with Crippen LogP contribution in [0.2, 0.25) is 0 Å². The van der Waals surface area contributed by atoms with E-state index in [1.165, 1.54) is 0 Å². The first-order valence-electron chi connectivity index (χ1n) is 4.12. The van der Waals surface area contributed by atoms with Gasteiger partial charge in [0.05, 0.1) is 5.52 Å². The summed E-state index contributed by atoms with van der Waals surface area (Å²) >= 11 is 0. The molecule has 0 atom stereocenters. The van der Waals surface area contributed by atoms with E-state index in [0.29, 0.717) is 12.2 Å². The molecule has 0 aliphatic heterocycles. The number of fused-ring (bicyclic) bond motifs is 1. The molecule has 68 valence electrons. The summed E-state index contributed by atoms with van der Waals surface area (Å²) < 4.78 is 1.77. The molecule has 0 saturated carbocycles. The maximum atomic E-state index is 5.78. The van der Waals surface area contributed by atoms with E-state index in [9.17, 15) is 0 Å². The molecule has 0 bridgehead atoms. The van der Waals surface area contributed by atoms with Crippen LogP contribution in [0.3, 0.4) is 0 Å². The first kappa shape index (κ1) is 8.07. The van der Waals surface area contributed by atoms with Crippen molar-refractivity contribution in [2.24, 2.45) is 12.8 Å². The summed E-state index contributed by atoms with van der Waals surface area (Å²) in [5, 5.41) is 5.33. The molecule has 0 aliphatic carbocycles. The van der Waals surface area contributed by atoms with Crippen LogP contribution in [-0.2, 0) is 13.6 Å². The van der Waals surface area contributed by atoms with Crippen molar-refractivity contribution in [2.75, 3.05) is 5.73 Å². The zero-order chi connectivity index (χ0) is 9.42. The van der Waals surface area contributed by atoms with Crippen molar-refractivity contribution in [1.82, 2.24) is 9.78 Å². The molecule has 2 aromatic rings. The minimum absolute atomic E-state index is 0.469. The van der Waals surface area contributed by atoms with Crippen LogP contribution < -0.4 is 11.5 Å². The minimum atomic E-state index is 0.469. The summed E-state index contributed by atoms with van der Waals surface area (Å²) in [6.07, 6.45) is 1.95. The second kappa shape index (κ2) is 2.74. The number of hydrogen-bond donors (Lipinski definition) is 2. The molecule has 0 amide bonds. The minimum Gasteiger partial charge on any atom is -0.398 e. The molecule has 0 fully saturated rings. The Balaban J connectivity index is 2.72. The molecule has 0 saturated heterocycles. The van der Waals surface area contributed by atoms with Gasteiger partial charge in [-0.2, -0.15) is 5.10 Å². The normalized spacial score (nSPS) is 10.9. The molecular formula is C9H12N4. The van der Waals surface area contributed by atoms with Gasteiger partial charge in [0, 0.05) is 30.9 Å². The largest absolute Gasteiger partial charge is 0.398 e. The van der Waals surface area contributed by atoms with Gasteiger partial charge in [-0.3, -0.25) is 4.68 Å². The Hall–Kier alpha value is -1.55.